The lowest BCUT2D eigenvalue weighted by molar-refractivity contribution is -0.115. The first kappa shape index (κ1) is 26.1. The van der Waals surface area contributed by atoms with E-state index >= 15 is 0 Å². The first-order valence-corrected chi connectivity index (χ1v) is 12.4. The average Bonchev–Trinajstić information content (AvgIpc) is 3.61. The van der Waals surface area contributed by atoms with E-state index in [4.69, 9.17) is 0 Å². The second-order valence-corrected chi connectivity index (χ2v) is 8.39. The molecule has 0 saturated heterocycles. The molecule has 5 rings (SSSR count). The van der Waals surface area contributed by atoms with Gasteiger partial charge in [0.1, 0.15) is 11.6 Å². The van der Waals surface area contributed by atoms with Crippen molar-refractivity contribution in [3.05, 3.63) is 85.2 Å². The van der Waals surface area contributed by atoms with Crippen molar-refractivity contribution < 1.29 is 9.59 Å². The zero-order chi connectivity index (χ0) is 27.1. The number of nitrogens with one attached hydrogen (secondary N) is 4. The number of aromatic amines is 2. The van der Waals surface area contributed by atoms with Gasteiger partial charge in [-0.15, -0.1) is 0 Å². The minimum atomic E-state index is -0.102. The summed E-state index contributed by atoms with van der Waals surface area (Å²) in [5.41, 5.74) is 7.08. The Bertz CT molecular complexity index is 1420. The second kappa shape index (κ2) is 11.8. The first-order chi connectivity index (χ1) is 18.4. The van der Waals surface area contributed by atoms with Crippen LogP contribution < -0.4 is 10.6 Å². The van der Waals surface area contributed by atoms with Gasteiger partial charge in [0.25, 0.3) is 0 Å². The maximum Gasteiger partial charge on any atom is 0.221 e. The first-order valence-electron chi connectivity index (χ1n) is 12.4. The maximum absolute atomic E-state index is 11.2. The molecule has 0 aliphatic heterocycles. The molecule has 8 nitrogen and oxygen atoms in total. The minimum absolute atomic E-state index is 0.102. The molecule has 0 unspecified atom stereocenters. The highest BCUT2D eigenvalue weighted by molar-refractivity contribution is 5.89. The predicted molar refractivity (Wildman–Crippen MR) is 152 cm³/mol. The van der Waals surface area contributed by atoms with E-state index in [1.165, 1.54) is 13.8 Å². The quantitative estimate of drug-likeness (QED) is 0.204. The number of carbonyl (C=O) groups is 2. The van der Waals surface area contributed by atoms with E-state index in [-0.39, 0.29) is 11.8 Å². The summed E-state index contributed by atoms with van der Waals surface area (Å²) in [5, 5.41) is 5.54. The van der Waals surface area contributed by atoms with E-state index in [9.17, 15) is 9.59 Å². The molecular weight excluding hydrogens is 476 g/mol. The summed E-state index contributed by atoms with van der Waals surface area (Å²) in [6, 6.07) is 23.2. The van der Waals surface area contributed by atoms with Gasteiger partial charge in [0.05, 0.1) is 23.8 Å². The molecule has 0 aliphatic rings. The standard InChI is InChI=1S/C28H24N6O2.C2H6/c1-17(35)31-23-10-6-19(7-11-23)25-15-29-27(33-25)21-4-3-5-22(14-21)28-30-16-26(34-28)20-8-12-24(13-9-20)32-18(2)36;1-2/h3-16H,1-2H3,(H,29,33)(H,30,34)(H,31,35)(H,32,36);1-2H3. The van der Waals surface area contributed by atoms with Crippen LogP contribution in [0.4, 0.5) is 11.4 Å². The third kappa shape index (κ3) is 6.22. The fourth-order valence-electron chi connectivity index (χ4n) is 3.92. The molecule has 2 amide bonds. The fraction of sp³-hybridized carbons (Fsp3) is 0.133. The third-order valence-electron chi connectivity index (χ3n) is 5.59. The van der Waals surface area contributed by atoms with Gasteiger partial charge < -0.3 is 20.6 Å². The molecule has 0 spiro atoms. The van der Waals surface area contributed by atoms with Gasteiger partial charge in [-0.1, -0.05) is 56.3 Å². The van der Waals surface area contributed by atoms with Crippen LogP contribution >= 0.6 is 0 Å². The van der Waals surface area contributed by atoms with Crippen LogP contribution in [-0.4, -0.2) is 31.8 Å². The molecule has 2 aromatic heterocycles. The second-order valence-electron chi connectivity index (χ2n) is 8.39. The summed E-state index contributed by atoms with van der Waals surface area (Å²) in [6.45, 7) is 6.97. The molecule has 192 valence electrons. The fourth-order valence-corrected chi connectivity index (χ4v) is 3.92. The molecule has 0 radical (unpaired) electrons. The summed E-state index contributed by atoms with van der Waals surface area (Å²) in [4.78, 5) is 38.3. The molecule has 0 bridgehead atoms. The van der Waals surface area contributed by atoms with Crippen molar-refractivity contribution in [1.82, 2.24) is 19.9 Å². The summed E-state index contributed by atoms with van der Waals surface area (Å²) in [5.74, 6) is 1.29. The summed E-state index contributed by atoms with van der Waals surface area (Å²) < 4.78 is 0. The highest BCUT2D eigenvalue weighted by Crippen LogP contribution is 2.28. The highest BCUT2D eigenvalue weighted by Gasteiger charge is 2.10. The number of hydrogen-bond acceptors (Lipinski definition) is 4. The molecule has 0 saturated carbocycles. The van der Waals surface area contributed by atoms with Crippen LogP contribution in [-0.2, 0) is 9.59 Å². The number of imidazole rings is 2. The molecule has 0 atom stereocenters. The number of aromatic nitrogens is 4. The molecule has 0 aliphatic carbocycles. The summed E-state index contributed by atoms with van der Waals surface area (Å²) in [6.07, 6.45) is 3.59. The zero-order valence-corrected chi connectivity index (χ0v) is 21.8. The molecule has 2 heterocycles. The smallest absolute Gasteiger partial charge is 0.221 e. The number of carbonyl (C=O) groups excluding carboxylic acids is 2. The number of anilines is 2. The van der Waals surface area contributed by atoms with Crippen LogP contribution in [0.1, 0.15) is 27.7 Å². The van der Waals surface area contributed by atoms with Gasteiger partial charge in [-0.25, -0.2) is 9.97 Å². The number of nitrogens with zero attached hydrogens (tertiary/aromatic N) is 2. The molecule has 5 aromatic rings. The lowest BCUT2D eigenvalue weighted by Crippen LogP contribution is -2.05. The highest BCUT2D eigenvalue weighted by atomic mass is 16.2. The lowest BCUT2D eigenvalue weighted by atomic mass is 10.1. The van der Waals surface area contributed by atoms with Gasteiger partial charge in [0.2, 0.25) is 11.8 Å². The van der Waals surface area contributed by atoms with Gasteiger partial charge in [-0.2, -0.15) is 0 Å². The van der Waals surface area contributed by atoms with Gasteiger partial charge in [-0.05, 0) is 41.5 Å². The van der Waals surface area contributed by atoms with Crippen molar-refractivity contribution in [3.63, 3.8) is 0 Å². The molecule has 38 heavy (non-hydrogen) atoms. The maximum atomic E-state index is 11.2. The molecule has 3 aromatic carbocycles. The Morgan fingerprint density at radius 2 is 1.00 bits per heavy atom. The topological polar surface area (TPSA) is 116 Å². The van der Waals surface area contributed by atoms with E-state index < -0.39 is 0 Å². The average molecular weight is 507 g/mol. The van der Waals surface area contributed by atoms with Gasteiger partial charge in [0, 0.05) is 36.3 Å². The molecule has 8 heteroatoms. The molecule has 0 fully saturated rings. The third-order valence-corrected chi connectivity index (χ3v) is 5.59. The molecular formula is C30H30N6O2. The van der Waals surface area contributed by atoms with Crippen molar-refractivity contribution in [1.29, 1.82) is 0 Å². The van der Waals surface area contributed by atoms with Crippen molar-refractivity contribution in [2.24, 2.45) is 0 Å². The Morgan fingerprint density at radius 1 is 0.605 bits per heavy atom. The van der Waals surface area contributed by atoms with E-state index in [0.29, 0.717) is 0 Å². The number of benzene rings is 3. The van der Waals surface area contributed by atoms with Crippen LogP contribution in [0.5, 0.6) is 0 Å². The normalized spacial score (nSPS) is 10.3. The van der Waals surface area contributed by atoms with E-state index in [1.807, 2.05) is 86.6 Å². The van der Waals surface area contributed by atoms with Crippen LogP contribution in [0.15, 0.2) is 85.2 Å². The van der Waals surface area contributed by atoms with Gasteiger partial charge in [0.15, 0.2) is 0 Å². The van der Waals surface area contributed by atoms with Crippen LogP contribution in [0, 0.1) is 0 Å². The SMILES string of the molecule is CC.CC(=O)Nc1ccc(-c2cnc(-c3cccc(-c4ncc(-c5ccc(NC(C)=O)cc5)[nH]4)c3)[nH]2)cc1. The number of H-pyrrole nitrogens is 2. The van der Waals surface area contributed by atoms with E-state index in [0.717, 1.165) is 56.7 Å². The lowest BCUT2D eigenvalue weighted by Gasteiger charge is -2.04. The molecule has 4 N–H and O–H groups in total. The van der Waals surface area contributed by atoms with Crippen molar-refractivity contribution in [3.8, 4) is 45.3 Å². The van der Waals surface area contributed by atoms with E-state index in [2.05, 4.69) is 30.6 Å². The summed E-state index contributed by atoms with van der Waals surface area (Å²) in [7, 11) is 0. The van der Waals surface area contributed by atoms with Crippen molar-refractivity contribution in [2.75, 3.05) is 10.6 Å². The Balaban J connectivity index is 0.00000164. The van der Waals surface area contributed by atoms with Crippen molar-refractivity contribution >= 4 is 23.2 Å². The van der Waals surface area contributed by atoms with Gasteiger partial charge in [-0.3, -0.25) is 9.59 Å². The Hall–Kier alpha value is -4.98. The van der Waals surface area contributed by atoms with Crippen LogP contribution in [0.2, 0.25) is 0 Å². The summed E-state index contributed by atoms with van der Waals surface area (Å²) >= 11 is 0. The Morgan fingerprint density at radius 3 is 1.37 bits per heavy atom. The number of hydrogen-bond donors (Lipinski definition) is 4. The minimum Gasteiger partial charge on any atom is -0.338 e. The largest absolute Gasteiger partial charge is 0.338 e. The van der Waals surface area contributed by atoms with Crippen molar-refractivity contribution in [2.45, 2.75) is 27.7 Å². The number of rotatable bonds is 6. The zero-order valence-electron chi connectivity index (χ0n) is 21.8. The van der Waals surface area contributed by atoms with E-state index in [1.54, 1.807) is 12.4 Å². The van der Waals surface area contributed by atoms with Gasteiger partial charge >= 0.3 is 0 Å². The predicted octanol–water partition coefficient (Wildman–Crippen LogP) is 6.74. The van der Waals surface area contributed by atoms with Crippen LogP contribution in [0.3, 0.4) is 0 Å². The monoisotopic (exact) mass is 506 g/mol. The Kier molecular flexibility index (Phi) is 8.13. The number of amides is 2. The van der Waals surface area contributed by atoms with Crippen LogP contribution in [0.25, 0.3) is 45.3 Å². The Labute approximate surface area is 221 Å².